The predicted octanol–water partition coefficient (Wildman–Crippen LogP) is 3.44. The first kappa shape index (κ1) is 16.8. The Kier molecular flexibility index (Phi) is 4.29. The van der Waals surface area contributed by atoms with Crippen LogP contribution in [0.5, 0.6) is 11.6 Å². The minimum absolute atomic E-state index is 0.0134. The highest BCUT2D eigenvalue weighted by Gasteiger charge is 2.19. The second-order valence-corrected chi connectivity index (χ2v) is 6.13. The summed E-state index contributed by atoms with van der Waals surface area (Å²) in [7, 11) is 1.54. The fourth-order valence-electron chi connectivity index (χ4n) is 3.10. The molecule has 4 rings (SSSR count). The van der Waals surface area contributed by atoms with Crippen LogP contribution in [0, 0.1) is 4.91 Å². The van der Waals surface area contributed by atoms with Crippen LogP contribution in [0.1, 0.15) is 11.3 Å². The number of benzene rings is 2. The Balaban J connectivity index is 1.66. The van der Waals surface area contributed by atoms with Crippen molar-refractivity contribution in [1.29, 1.82) is 0 Å². The molecule has 0 amide bonds. The largest absolute Gasteiger partial charge is 0.497 e. The molecule has 2 aromatic heterocycles. The first-order valence-electron chi connectivity index (χ1n) is 8.35. The van der Waals surface area contributed by atoms with Gasteiger partial charge in [0.25, 0.3) is 0 Å². The van der Waals surface area contributed by atoms with Crippen LogP contribution in [-0.4, -0.2) is 31.8 Å². The summed E-state index contributed by atoms with van der Waals surface area (Å²) in [5, 5.41) is 22.3. The van der Waals surface area contributed by atoms with Crippen LogP contribution in [0.4, 0.5) is 5.69 Å². The molecule has 0 saturated heterocycles. The Morgan fingerprint density at radius 1 is 1.15 bits per heavy atom. The number of aromatic nitrogens is 4. The molecule has 2 heterocycles. The van der Waals surface area contributed by atoms with Gasteiger partial charge in [0, 0.05) is 5.39 Å². The molecule has 2 aromatic carbocycles. The van der Waals surface area contributed by atoms with E-state index in [0.717, 1.165) is 5.56 Å². The van der Waals surface area contributed by atoms with Crippen LogP contribution in [0.3, 0.4) is 0 Å². The minimum atomic E-state index is -0.203. The van der Waals surface area contributed by atoms with Crippen LogP contribution in [-0.2, 0) is 13.1 Å². The summed E-state index contributed by atoms with van der Waals surface area (Å²) in [6.45, 7) is 0.865. The zero-order valence-corrected chi connectivity index (χ0v) is 14.6. The number of rotatable bonds is 6. The van der Waals surface area contributed by atoms with Crippen molar-refractivity contribution >= 4 is 16.6 Å². The monoisotopic (exact) mass is 363 g/mol. The molecule has 0 radical (unpaired) electrons. The zero-order chi connectivity index (χ0) is 18.8. The molecule has 0 aliphatic rings. The fourth-order valence-corrected chi connectivity index (χ4v) is 3.10. The third kappa shape index (κ3) is 3.12. The van der Waals surface area contributed by atoms with E-state index in [1.165, 1.54) is 7.11 Å². The van der Waals surface area contributed by atoms with Crippen molar-refractivity contribution in [2.24, 2.45) is 5.18 Å². The molecule has 0 aliphatic carbocycles. The summed E-state index contributed by atoms with van der Waals surface area (Å²) in [4.78, 5) is 11.2. The number of methoxy groups -OCH3 is 1. The first-order valence-corrected chi connectivity index (χ1v) is 8.35. The van der Waals surface area contributed by atoms with E-state index in [9.17, 15) is 10.0 Å². The van der Waals surface area contributed by atoms with Gasteiger partial charge in [-0.3, -0.25) is 0 Å². The molecule has 8 heteroatoms. The van der Waals surface area contributed by atoms with Gasteiger partial charge in [-0.15, -0.1) is 10.0 Å². The van der Waals surface area contributed by atoms with E-state index in [-0.39, 0.29) is 18.1 Å². The lowest BCUT2D eigenvalue weighted by Gasteiger charge is -2.05. The Hall–Kier alpha value is -3.68. The van der Waals surface area contributed by atoms with E-state index in [0.29, 0.717) is 28.9 Å². The van der Waals surface area contributed by atoms with Gasteiger partial charge >= 0.3 is 0 Å². The van der Waals surface area contributed by atoms with E-state index in [1.807, 2.05) is 36.5 Å². The van der Waals surface area contributed by atoms with Gasteiger partial charge in [-0.2, -0.15) is 0 Å². The quantitative estimate of drug-likeness (QED) is 0.530. The summed E-state index contributed by atoms with van der Waals surface area (Å²) < 4.78 is 8.51. The van der Waals surface area contributed by atoms with Gasteiger partial charge in [0.1, 0.15) is 11.4 Å². The van der Waals surface area contributed by atoms with Crippen molar-refractivity contribution in [3.63, 3.8) is 0 Å². The zero-order valence-electron chi connectivity index (χ0n) is 14.6. The molecule has 0 unspecified atom stereocenters. The average Bonchev–Trinajstić information content (AvgIpc) is 3.24. The summed E-state index contributed by atoms with van der Waals surface area (Å²) in [6.07, 6.45) is 1.82. The third-order valence-corrected chi connectivity index (χ3v) is 4.40. The maximum absolute atomic E-state index is 11.2. The highest BCUT2D eigenvalue weighted by atomic mass is 16.5. The number of ether oxygens (including phenoxy) is 1. The Bertz CT molecular complexity index is 1100. The third-order valence-electron chi connectivity index (χ3n) is 4.40. The molecule has 0 atom stereocenters. The highest BCUT2D eigenvalue weighted by Crippen LogP contribution is 2.40. The topological polar surface area (TPSA) is 94.5 Å². The average molecular weight is 363 g/mol. The summed E-state index contributed by atoms with van der Waals surface area (Å²) >= 11 is 0. The Morgan fingerprint density at radius 3 is 2.70 bits per heavy atom. The van der Waals surface area contributed by atoms with Crippen molar-refractivity contribution in [3.8, 4) is 11.6 Å². The van der Waals surface area contributed by atoms with E-state index < -0.39 is 0 Å². The van der Waals surface area contributed by atoms with Gasteiger partial charge in [0.15, 0.2) is 5.69 Å². The molecule has 4 aromatic rings. The molecule has 0 aliphatic heterocycles. The lowest BCUT2D eigenvalue weighted by molar-refractivity contribution is 0.415. The highest BCUT2D eigenvalue weighted by molar-refractivity contribution is 5.96. The van der Waals surface area contributed by atoms with Gasteiger partial charge in [-0.1, -0.05) is 35.5 Å². The molecular formula is C19H17N5O3. The number of fused-ring (bicyclic) bond motifs is 1. The van der Waals surface area contributed by atoms with Gasteiger partial charge in [0.05, 0.1) is 31.9 Å². The van der Waals surface area contributed by atoms with Gasteiger partial charge in [0.2, 0.25) is 5.88 Å². The maximum atomic E-state index is 11.2. The fraction of sp³-hybridized carbons (Fsp3) is 0.158. The Labute approximate surface area is 154 Å². The molecule has 136 valence electrons. The second kappa shape index (κ2) is 6.91. The summed E-state index contributed by atoms with van der Waals surface area (Å²) in [5.74, 6) is 0.379. The Morgan fingerprint density at radius 2 is 1.96 bits per heavy atom. The molecule has 27 heavy (non-hydrogen) atoms. The first-order chi connectivity index (χ1) is 13.2. The molecule has 0 spiro atoms. The molecule has 0 fully saturated rings. The van der Waals surface area contributed by atoms with E-state index in [2.05, 4.69) is 15.5 Å². The molecule has 8 nitrogen and oxygen atoms in total. The van der Waals surface area contributed by atoms with Gasteiger partial charge < -0.3 is 14.4 Å². The predicted molar refractivity (Wildman–Crippen MR) is 100 cm³/mol. The van der Waals surface area contributed by atoms with E-state index in [1.54, 1.807) is 27.4 Å². The van der Waals surface area contributed by atoms with Crippen LogP contribution in [0.15, 0.2) is 59.9 Å². The molecular weight excluding hydrogens is 346 g/mol. The lowest BCUT2D eigenvalue weighted by atomic mass is 10.2. The van der Waals surface area contributed by atoms with E-state index in [4.69, 9.17) is 4.74 Å². The van der Waals surface area contributed by atoms with Crippen molar-refractivity contribution in [3.05, 3.63) is 70.9 Å². The number of hydrogen-bond acceptors (Lipinski definition) is 6. The smallest absolute Gasteiger partial charge is 0.222 e. The van der Waals surface area contributed by atoms with Crippen LogP contribution < -0.4 is 4.74 Å². The van der Waals surface area contributed by atoms with Gasteiger partial charge in [-0.05, 0) is 28.9 Å². The number of hydrogen-bond donors (Lipinski definition) is 1. The van der Waals surface area contributed by atoms with Crippen LogP contribution in [0.2, 0.25) is 0 Å². The maximum Gasteiger partial charge on any atom is 0.222 e. The standard InChI is InChI=1S/C19H17N5O3/c1-27-15-7-8-17-16(9-15)18(21-26)19(25)24(17)12-14-11-23(22-20-14)10-13-5-3-2-4-6-13/h2-9,11,25H,10,12H2,1H3. The molecule has 1 N–H and O–H groups in total. The van der Waals surface area contributed by atoms with Crippen molar-refractivity contribution in [2.45, 2.75) is 13.1 Å². The minimum Gasteiger partial charge on any atom is -0.497 e. The molecule has 0 bridgehead atoms. The van der Waals surface area contributed by atoms with Gasteiger partial charge in [-0.25, -0.2) is 4.68 Å². The van der Waals surface area contributed by atoms with Crippen LogP contribution in [0.25, 0.3) is 10.9 Å². The van der Waals surface area contributed by atoms with Crippen LogP contribution >= 0.6 is 0 Å². The number of nitrogens with zero attached hydrogens (tertiary/aromatic N) is 5. The van der Waals surface area contributed by atoms with Crippen molar-refractivity contribution in [1.82, 2.24) is 19.6 Å². The molecule has 0 saturated carbocycles. The second-order valence-electron chi connectivity index (χ2n) is 6.13. The SMILES string of the molecule is COc1ccc2c(c1)c(N=O)c(O)n2Cc1cn(Cc2ccccc2)nn1. The number of nitroso groups, excluding NO2 is 1. The normalized spacial score (nSPS) is 11.0. The summed E-state index contributed by atoms with van der Waals surface area (Å²) in [6, 6.07) is 15.2. The lowest BCUT2D eigenvalue weighted by Crippen LogP contribution is -2.00. The van der Waals surface area contributed by atoms with Crippen molar-refractivity contribution in [2.75, 3.05) is 7.11 Å². The summed E-state index contributed by atoms with van der Waals surface area (Å²) in [5.41, 5.74) is 2.43. The van der Waals surface area contributed by atoms with Crippen molar-refractivity contribution < 1.29 is 9.84 Å². The van der Waals surface area contributed by atoms with E-state index >= 15 is 0 Å². The number of aromatic hydroxyl groups is 1.